The Kier molecular flexibility index (Phi) is 3.33. The molecule has 0 aliphatic carbocycles. The number of para-hydroxylation sites is 1. The van der Waals surface area contributed by atoms with Crippen molar-refractivity contribution in [2.24, 2.45) is 5.92 Å². The molecule has 0 spiro atoms. The van der Waals surface area contributed by atoms with E-state index in [-0.39, 0.29) is 17.7 Å². The monoisotopic (exact) mass is 235 g/mol. The van der Waals surface area contributed by atoms with E-state index in [0.29, 0.717) is 13.0 Å². The van der Waals surface area contributed by atoms with Gasteiger partial charge in [-0.25, -0.2) is 0 Å². The summed E-state index contributed by atoms with van der Waals surface area (Å²) in [6.45, 7) is 3.32. The Hall–Kier alpha value is -1.55. The van der Waals surface area contributed by atoms with Gasteiger partial charge >= 0.3 is 5.97 Å². The molecule has 17 heavy (non-hydrogen) atoms. The van der Waals surface area contributed by atoms with Gasteiger partial charge in [-0.3, -0.25) is 9.69 Å². The number of carboxylic acid groups (broad SMARTS) is 1. The Morgan fingerprint density at radius 3 is 2.76 bits per heavy atom. The average Bonchev–Trinajstić information content (AvgIpc) is 2.64. The van der Waals surface area contributed by atoms with E-state index in [1.165, 1.54) is 0 Å². The molecule has 1 aromatic rings. The Morgan fingerprint density at radius 2 is 2.18 bits per heavy atom. The van der Waals surface area contributed by atoms with E-state index in [9.17, 15) is 9.90 Å². The van der Waals surface area contributed by atoms with Crippen molar-refractivity contribution in [2.45, 2.75) is 25.9 Å². The summed E-state index contributed by atoms with van der Waals surface area (Å²) in [5.74, 6) is -0.739. The molecule has 4 nitrogen and oxygen atoms in total. The minimum atomic E-state index is -0.725. The number of hydrogen-bond acceptors (Lipinski definition) is 3. The number of aromatic hydroxyl groups is 1. The molecule has 92 valence electrons. The molecule has 2 N–H and O–H groups in total. The third-order valence-electron chi connectivity index (χ3n) is 3.57. The standard InChI is InChI=1S/C13H17NO3/c1-9-11(13(16)17)6-7-14(9)8-10-4-2-3-5-12(10)15/h2-5,9,11,15H,6-8H2,1H3,(H,16,17). The molecule has 2 rings (SSSR count). The van der Waals surface area contributed by atoms with Crippen molar-refractivity contribution in [3.8, 4) is 5.75 Å². The van der Waals surface area contributed by atoms with Crippen LogP contribution >= 0.6 is 0 Å². The molecule has 1 heterocycles. The average molecular weight is 235 g/mol. The summed E-state index contributed by atoms with van der Waals surface area (Å²) in [4.78, 5) is 13.1. The van der Waals surface area contributed by atoms with E-state index in [2.05, 4.69) is 4.90 Å². The molecule has 0 saturated carbocycles. The molecule has 1 fully saturated rings. The van der Waals surface area contributed by atoms with Crippen LogP contribution in [0.1, 0.15) is 18.9 Å². The lowest BCUT2D eigenvalue weighted by Gasteiger charge is -2.23. The van der Waals surface area contributed by atoms with Gasteiger partial charge in [0.1, 0.15) is 5.75 Å². The summed E-state index contributed by atoms with van der Waals surface area (Å²) >= 11 is 0. The van der Waals surface area contributed by atoms with Crippen LogP contribution in [0.3, 0.4) is 0 Å². The van der Waals surface area contributed by atoms with Crippen LogP contribution in [0.2, 0.25) is 0 Å². The highest BCUT2D eigenvalue weighted by atomic mass is 16.4. The molecule has 2 unspecified atom stereocenters. The quantitative estimate of drug-likeness (QED) is 0.837. The molecule has 1 saturated heterocycles. The lowest BCUT2D eigenvalue weighted by Crippen LogP contribution is -2.32. The van der Waals surface area contributed by atoms with E-state index in [1.807, 2.05) is 19.1 Å². The third kappa shape index (κ3) is 2.42. The summed E-state index contributed by atoms with van der Waals surface area (Å²) in [6.07, 6.45) is 0.685. The van der Waals surface area contributed by atoms with Crippen molar-refractivity contribution < 1.29 is 15.0 Å². The zero-order chi connectivity index (χ0) is 12.4. The van der Waals surface area contributed by atoms with Crippen LogP contribution in [-0.4, -0.2) is 33.7 Å². The molecule has 0 amide bonds. The van der Waals surface area contributed by atoms with Gasteiger partial charge in [0.15, 0.2) is 0 Å². The molecule has 0 radical (unpaired) electrons. The number of carboxylic acids is 1. The lowest BCUT2D eigenvalue weighted by molar-refractivity contribution is -0.142. The predicted molar refractivity (Wildman–Crippen MR) is 63.7 cm³/mol. The summed E-state index contributed by atoms with van der Waals surface area (Å²) in [6, 6.07) is 7.21. The third-order valence-corrected chi connectivity index (χ3v) is 3.57. The molecule has 4 heteroatoms. The molecule has 1 aliphatic rings. The Morgan fingerprint density at radius 1 is 1.47 bits per heavy atom. The number of benzene rings is 1. The van der Waals surface area contributed by atoms with Crippen LogP contribution < -0.4 is 0 Å². The molecule has 0 bridgehead atoms. The number of rotatable bonds is 3. The fraction of sp³-hybridized carbons (Fsp3) is 0.462. The number of aliphatic carboxylic acids is 1. The van der Waals surface area contributed by atoms with Gasteiger partial charge in [-0.2, -0.15) is 0 Å². The fourth-order valence-electron chi connectivity index (χ4n) is 2.42. The number of hydrogen-bond donors (Lipinski definition) is 2. The van der Waals surface area contributed by atoms with E-state index in [4.69, 9.17) is 5.11 Å². The Balaban J connectivity index is 2.06. The van der Waals surface area contributed by atoms with Gasteiger partial charge in [0, 0.05) is 18.2 Å². The molecular formula is C13H17NO3. The maximum Gasteiger partial charge on any atom is 0.308 e. The fourth-order valence-corrected chi connectivity index (χ4v) is 2.42. The van der Waals surface area contributed by atoms with E-state index in [1.54, 1.807) is 12.1 Å². The summed E-state index contributed by atoms with van der Waals surface area (Å²) < 4.78 is 0. The molecule has 2 atom stereocenters. The van der Waals surface area contributed by atoms with Crippen molar-refractivity contribution in [1.29, 1.82) is 0 Å². The largest absolute Gasteiger partial charge is 0.508 e. The minimum Gasteiger partial charge on any atom is -0.508 e. The normalized spacial score (nSPS) is 25.0. The minimum absolute atomic E-state index is 0.0205. The van der Waals surface area contributed by atoms with Crippen LogP contribution in [0.4, 0.5) is 0 Å². The number of phenolic OH excluding ortho intramolecular Hbond substituents is 1. The first kappa shape index (κ1) is 11.9. The van der Waals surface area contributed by atoms with Crippen LogP contribution in [0.25, 0.3) is 0 Å². The van der Waals surface area contributed by atoms with Crippen molar-refractivity contribution >= 4 is 5.97 Å². The van der Waals surface area contributed by atoms with Gasteiger partial charge in [-0.1, -0.05) is 18.2 Å². The van der Waals surface area contributed by atoms with Crippen molar-refractivity contribution in [3.05, 3.63) is 29.8 Å². The van der Waals surface area contributed by atoms with Gasteiger partial charge in [-0.15, -0.1) is 0 Å². The summed E-state index contributed by atoms with van der Waals surface area (Å²) in [5, 5.41) is 18.7. The van der Waals surface area contributed by atoms with Gasteiger partial charge in [-0.05, 0) is 26.0 Å². The van der Waals surface area contributed by atoms with Crippen LogP contribution in [0.5, 0.6) is 5.75 Å². The van der Waals surface area contributed by atoms with Gasteiger partial charge in [0.2, 0.25) is 0 Å². The second-order valence-electron chi connectivity index (χ2n) is 4.57. The molecule has 0 aromatic heterocycles. The number of likely N-dealkylation sites (tertiary alicyclic amines) is 1. The molecule has 1 aliphatic heterocycles. The predicted octanol–water partition coefficient (Wildman–Crippen LogP) is 1.69. The first-order chi connectivity index (χ1) is 8.09. The highest BCUT2D eigenvalue weighted by Crippen LogP contribution is 2.28. The maximum absolute atomic E-state index is 11.0. The highest BCUT2D eigenvalue weighted by Gasteiger charge is 2.35. The number of nitrogens with zero attached hydrogens (tertiary/aromatic N) is 1. The first-order valence-corrected chi connectivity index (χ1v) is 5.83. The van der Waals surface area contributed by atoms with Crippen molar-refractivity contribution in [3.63, 3.8) is 0 Å². The SMILES string of the molecule is CC1C(C(=O)O)CCN1Cc1ccccc1O. The van der Waals surface area contributed by atoms with E-state index in [0.717, 1.165) is 12.1 Å². The Labute approximate surface area is 100 Å². The summed E-state index contributed by atoms with van der Waals surface area (Å²) in [5.41, 5.74) is 0.852. The zero-order valence-corrected chi connectivity index (χ0v) is 9.84. The summed E-state index contributed by atoms with van der Waals surface area (Å²) in [7, 11) is 0. The van der Waals surface area contributed by atoms with E-state index >= 15 is 0 Å². The molecular weight excluding hydrogens is 218 g/mol. The van der Waals surface area contributed by atoms with Gasteiger partial charge < -0.3 is 10.2 Å². The highest BCUT2D eigenvalue weighted by molar-refractivity contribution is 5.71. The zero-order valence-electron chi connectivity index (χ0n) is 9.84. The van der Waals surface area contributed by atoms with E-state index < -0.39 is 5.97 Å². The smallest absolute Gasteiger partial charge is 0.308 e. The first-order valence-electron chi connectivity index (χ1n) is 5.83. The topological polar surface area (TPSA) is 60.8 Å². The second kappa shape index (κ2) is 4.75. The van der Waals surface area contributed by atoms with Crippen molar-refractivity contribution in [2.75, 3.05) is 6.54 Å². The maximum atomic E-state index is 11.0. The van der Waals surface area contributed by atoms with Gasteiger partial charge in [0.05, 0.1) is 5.92 Å². The van der Waals surface area contributed by atoms with Crippen LogP contribution in [-0.2, 0) is 11.3 Å². The number of carbonyl (C=O) groups is 1. The lowest BCUT2D eigenvalue weighted by atomic mass is 10.0. The second-order valence-corrected chi connectivity index (χ2v) is 4.57. The van der Waals surface area contributed by atoms with Crippen LogP contribution in [0.15, 0.2) is 24.3 Å². The van der Waals surface area contributed by atoms with Gasteiger partial charge in [0.25, 0.3) is 0 Å². The van der Waals surface area contributed by atoms with Crippen molar-refractivity contribution in [1.82, 2.24) is 4.90 Å². The number of phenols is 1. The molecule has 1 aromatic carbocycles. The van der Waals surface area contributed by atoms with Crippen LogP contribution in [0, 0.1) is 5.92 Å². The Bertz CT molecular complexity index is 419.